The van der Waals surface area contributed by atoms with E-state index in [1.54, 1.807) is 19.2 Å². The van der Waals surface area contributed by atoms with Crippen molar-refractivity contribution in [3.05, 3.63) is 35.6 Å². The highest BCUT2D eigenvalue weighted by Gasteiger charge is 2.11. The molecule has 0 saturated heterocycles. The minimum Gasteiger partial charge on any atom is -0.356 e. The number of rotatable bonds is 4. The number of guanidine groups is 1. The van der Waals surface area contributed by atoms with Crippen LogP contribution in [0.2, 0.25) is 0 Å². The predicted octanol–water partition coefficient (Wildman–Crippen LogP) is 3.34. The van der Waals surface area contributed by atoms with Crippen LogP contribution in [0.25, 0.3) is 0 Å². The van der Waals surface area contributed by atoms with Crippen molar-refractivity contribution in [3.8, 4) is 0 Å². The Hall–Kier alpha value is -0.850. The third-order valence-electron chi connectivity index (χ3n) is 2.54. The highest BCUT2D eigenvalue weighted by Crippen LogP contribution is 2.05. The molecular formula is C15H25FIN3. The van der Waals surface area contributed by atoms with Crippen LogP contribution < -0.4 is 10.6 Å². The van der Waals surface area contributed by atoms with Gasteiger partial charge in [-0.25, -0.2) is 4.39 Å². The van der Waals surface area contributed by atoms with Gasteiger partial charge in [0.2, 0.25) is 0 Å². The van der Waals surface area contributed by atoms with Crippen molar-refractivity contribution in [1.82, 2.24) is 10.6 Å². The molecule has 20 heavy (non-hydrogen) atoms. The van der Waals surface area contributed by atoms with E-state index in [4.69, 9.17) is 0 Å². The van der Waals surface area contributed by atoms with E-state index in [0.717, 1.165) is 30.9 Å². The van der Waals surface area contributed by atoms with Gasteiger partial charge < -0.3 is 10.6 Å². The lowest BCUT2D eigenvalue weighted by atomic mass is 10.1. The number of aliphatic imine (C=N–C) groups is 1. The Bertz CT molecular complexity index is 427. The van der Waals surface area contributed by atoms with E-state index < -0.39 is 0 Å². The van der Waals surface area contributed by atoms with Crippen molar-refractivity contribution in [3.63, 3.8) is 0 Å². The van der Waals surface area contributed by atoms with Gasteiger partial charge >= 0.3 is 0 Å². The molecular weight excluding hydrogens is 368 g/mol. The summed E-state index contributed by atoms with van der Waals surface area (Å²) in [5, 5.41) is 6.55. The molecule has 0 fully saturated rings. The number of hydrogen-bond donors (Lipinski definition) is 2. The molecule has 0 unspecified atom stereocenters. The zero-order chi connectivity index (χ0) is 14.3. The van der Waals surface area contributed by atoms with Gasteiger partial charge in [-0.3, -0.25) is 4.99 Å². The quantitative estimate of drug-likeness (QED) is 0.356. The molecule has 0 aliphatic carbocycles. The topological polar surface area (TPSA) is 36.4 Å². The number of aryl methyl sites for hydroxylation is 1. The van der Waals surface area contributed by atoms with Gasteiger partial charge in [-0.15, -0.1) is 24.0 Å². The highest BCUT2D eigenvalue weighted by molar-refractivity contribution is 14.0. The highest BCUT2D eigenvalue weighted by atomic mass is 127. The summed E-state index contributed by atoms with van der Waals surface area (Å²) >= 11 is 0. The summed E-state index contributed by atoms with van der Waals surface area (Å²) < 4.78 is 13.0. The number of nitrogens with zero attached hydrogens (tertiary/aromatic N) is 1. The maximum absolute atomic E-state index is 13.0. The third kappa shape index (κ3) is 8.35. The van der Waals surface area contributed by atoms with Gasteiger partial charge in [0.15, 0.2) is 5.96 Å². The first-order valence-corrected chi connectivity index (χ1v) is 6.64. The van der Waals surface area contributed by atoms with E-state index in [9.17, 15) is 4.39 Å². The SMILES string of the molecule is CN=C(NCCCc1cccc(F)c1)NC(C)(C)C.I. The second kappa shape index (κ2) is 9.15. The summed E-state index contributed by atoms with van der Waals surface area (Å²) in [6.07, 6.45) is 1.80. The summed E-state index contributed by atoms with van der Waals surface area (Å²) in [7, 11) is 1.76. The second-order valence-corrected chi connectivity index (χ2v) is 5.61. The fourth-order valence-corrected chi connectivity index (χ4v) is 1.73. The van der Waals surface area contributed by atoms with Crippen LogP contribution in [0.3, 0.4) is 0 Å². The minimum atomic E-state index is -0.171. The maximum atomic E-state index is 13.0. The summed E-state index contributed by atoms with van der Waals surface area (Å²) in [6.45, 7) is 7.08. The van der Waals surface area contributed by atoms with E-state index in [1.807, 2.05) is 6.07 Å². The lowest BCUT2D eigenvalue weighted by Crippen LogP contribution is -2.47. The molecule has 5 heteroatoms. The van der Waals surface area contributed by atoms with E-state index >= 15 is 0 Å². The molecule has 114 valence electrons. The van der Waals surface area contributed by atoms with Crippen molar-refractivity contribution in [1.29, 1.82) is 0 Å². The Kier molecular flexibility index (Phi) is 8.76. The van der Waals surface area contributed by atoms with Gasteiger partial charge in [-0.05, 0) is 51.3 Å². The van der Waals surface area contributed by atoms with E-state index in [1.165, 1.54) is 6.07 Å². The minimum absolute atomic E-state index is 0. The van der Waals surface area contributed by atoms with Crippen molar-refractivity contribution < 1.29 is 4.39 Å². The van der Waals surface area contributed by atoms with E-state index in [2.05, 4.69) is 36.4 Å². The lowest BCUT2D eigenvalue weighted by Gasteiger charge is -2.23. The Morgan fingerprint density at radius 1 is 1.30 bits per heavy atom. The summed E-state index contributed by atoms with van der Waals surface area (Å²) in [4.78, 5) is 4.17. The summed E-state index contributed by atoms with van der Waals surface area (Å²) in [5.74, 6) is 0.627. The van der Waals surface area contributed by atoms with Crippen LogP contribution in [0, 0.1) is 5.82 Å². The van der Waals surface area contributed by atoms with Gasteiger partial charge in [-0.2, -0.15) is 0 Å². The normalized spacial score (nSPS) is 11.8. The molecule has 0 aliphatic heterocycles. The van der Waals surface area contributed by atoms with Gasteiger partial charge in [0.05, 0.1) is 0 Å². The molecule has 0 aromatic heterocycles. The molecule has 0 spiro atoms. The van der Waals surface area contributed by atoms with Crippen LogP contribution in [0.15, 0.2) is 29.3 Å². The molecule has 0 heterocycles. The maximum Gasteiger partial charge on any atom is 0.191 e. The molecule has 1 rings (SSSR count). The van der Waals surface area contributed by atoms with Crippen molar-refractivity contribution >= 4 is 29.9 Å². The summed E-state index contributed by atoms with van der Waals surface area (Å²) in [5.41, 5.74) is 1.02. The first kappa shape index (κ1) is 19.1. The largest absolute Gasteiger partial charge is 0.356 e. The monoisotopic (exact) mass is 393 g/mol. The first-order chi connectivity index (χ1) is 8.90. The van der Waals surface area contributed by atoms with Crippen LogP contribution in [0.1, 0.15) is 32.8 Å². The molecule has 0 bridgehead atoms. The number of hydrogen-bond acceptors (Lipinski definition) is 1. The van der Waals surface area contributed by atoms with Gasteiger partial charge in [0, 0.05) is 19.1 Å². The number of halogens is 2. The number of nitrogens with one attached hydrogen (secondary N) is 2. The van der Waals surface area contributed by atoms with Gasteiger partial charge in [-0.1, -0.05) is 12.1 Å². The van der Waals surface area contributed by atoms with Gasteiger partial charge in [0.25, 0.3) is 0 Å². The average Bonchev–Trinajstić information content (AvgIpc) is 2.31. The molecule has 1 aromatic carbocycles. The molecule has 0 saturated carbocycles. The molecule has 1 aromatic rings. The molecule has 3 nitrogen and oxygen atoms in total. The van der Waals surface area contributed by atoms with Crippen LogP contribution in [0.4, 0.5) is 4.39 Å². The van der Waals surface area contributed by atoms with Crippen LogP contribution in [-0.4, -0.2) is 25.1 Å². The van der Waals surface area contributed by atoms with E-state index in [0.29, 0.717) is 0 Å². The predicted molar refractivity (Wildman–Crippen MR) is 94.4 cm³/mol. The molecule has 0 radical (unpaired) electrons. The zero-order valence-corrected chi connectivity index (χ0v) is 15.0. The fourth-order valence-electron chi connectivity index (χ4n) is 1.73. The van der Waals surface area contributed by atoms with Crippen molar-refractivity contribution in [2.45, 2.75) is 39.2 Å². The molecule has 2 N–H and O–H groups in total. The number of benzene rings is 1. The van der Waals surface area contributed by atoms with Crippen LogP contribution >= 0.6 is 24.0 Å². The standard InChI is InChI=1S/C15H24FN3.HI/c1-15(2,3)19-14(17-4)18-10-6-8-12-7-5-9-13(16)11-12;/h5,7,9,11H,6,8,10H2,1-4H3,(H2,17,18,19);1H. The van der Waals surface area contributed by atoms with Crippen molar-refractivity contribution in [2.75, 3.05) is 13.6 Å². The van der Waals surface area contributed by atoms with E-state index in [-0.39, 0.29) is 35.3 Å². The van der Waals surface area contributed by atoms with Crippen LogP contribution in [-0.2, 0) is 6.42 Å². The third-order valence-corrected chi connectivity index (χ3v) is 2.54. The van der Waals surface area contributed by atoms with Crippen LogP contribution in [0.5, 0.6) is 0 Å². The zero-order valence-electron chi connectivity index (χ0n) is 12.7. The van der Waals surface area contributed by atoms with Gasteiger partial charge in [0.1, 0.15) is 5.82 Å². The molecule has 0 amide bonds. The van der Waals surface area contributed by atoms with Crippen molar-refractivity contribution in [2.24, 2.45) is 4.99 Å². The fraction of sp³-hybridized carbons (Fsp3) is 0.533. The Balaban J connectivity index is 0.00000361. The molecule has 0 atom stereocenters. The Morgan fingerprint density at radius 3 is 2.55 bits per heavy atom. The molecule has 0 aliphatic rings. The lowest BCUT2D eigenvalue weighted by molar-refractivity contribution is 0.501. The smallest absolute Gasteiger partial charge is 0.191 e. The second-order valence-electron chi connectivity index (χ2n) is 5.61. The average molecular weight is 393 g/mol. The Labute approximate surface area is 138 Å². The first-order valence-electron chi connectivity index (χ1n) is 6.64. The Morgan fingerprint density at radius 2 is 2.00 bits per heavy atom. The summed E-state index contributed by atoms with van der Waals surface area (Å²) in [6, 6.07) is 6.75.